The molecule has 2 amide bonds. The number of carbonyl (C=O) groups is 2. The third-order valence-corrected chi connectivity index (χ3v) is 4.77. The maximum Gasteiger partial charge on any atom is 0.412 e. The molecular formula is C23H28N2O7. The lowest BCUT2D eigenvalue weighted by Gasteiger charge is -2.20. The highest BCUT2D eigenvalue weighted by Crippen LogP contribution is 2.29. The standard InChI is InChI=1S/C23H28N2O7/c1-15(16(2)22(27)25-29)14-21(17-4-8-20(9-5-17)31-13-12-26)32-23(28)24-18-6-10-19(30-3)11-7-18/h4-11,21,26,29H,12-14H2,1-3H3,(H,24,28)(H,25,27)/b16-15+/t21-/m0/s1. The number of aliphatic hydroxyl groups is 1. The lowest BCUT2D eigenvalue weighted by molar-refractivity contribution is -0.125. The number of aliphatic hydroxyl groups excluding tert-OH is 1. The minimum absolute atomic E-state index is 0.102. The molecule has 1 atom stereocenters. The second-order valence-electron chi connectivity index (χ2n) is 6.94. The van der Waals surface area contributed by atoms with Crippen molar-refractivity contribution in [3.63, 3.8) is 0 Å². The van der Waals surface area contributed by atoms with Gasteiger partial charge in [0.1, 0.15) is 24.2 Å². The predicted octanol–water partition coefficient (Wildman–Crippen LogP) is 3.59. The number of anilines is 1. The maximum absolute atomic E-state index is 12.5. The second kappa shape index (κ2) is 12.3. The molecule has 172 valence electrons. The van der Waals surface area contributed by atoms with Crippen molar-refractivity contribution in [2.75, 3.05) is 25.6 Å². The van der Waals surface area contributed by atoms with E-state index in [0.29, 0.717) is 33.9 Å². The van der Waals surface area contributed by atoms with Gasteiger partial charge in [-0.15, -0.1) is 0 Å². The quantitative estimate of drug-likeness (QED) is 0.251. The molecule has 0 unspecified atom stereocenters. The molecule has 9 heteroatoms. The van der Waals surface area contributed by atoms with Crippen LogP contribution in [0.5, 0.6) is 11.5 Å². The number of rotatable bonds is 10. The summed E-state index contributed by atoms with van der Waals surface area (Å²) < 4.78 is 16.1. The number of hydroxylamine groups is 1. The van der Waals surface area contributed by atoms with E-state index in [0.717, 1.165) is 0 Å². The van der Waals surface area contributed by atoms with E-state index < -0.39 is 18.1 Å². The number of hydrogen-bond acceptors (Lipinski definition) is 7. The van der Waals surface area contributed by atoms with Gasteiger partial charge in [-0.2, -0.15) is 0 Å². The molecule has 0 heterocycles. The van der Waals surface area contributed by atoms with Crippen molar-refractivity contribution in [1.82, 2.24) is 5.48 Å². The summed E-state index contributed by atoms with van der Waals surface area (Å²) in [7, 11) is 1.55. The summed E-state index contributed by atoms with van der Waals surface area (Å²) in [6.07, 6.45) is -1.15. The summed E-state index contributed by atoms with van der Waals surface area (Å²) in [5, 5.41) is 20.4. The third kappa shape index (κ3) is 7.29. The van der Waals surface area contributed by atoms with Crippen LogP contribution in [-0.2, 0) is 9.53 Å². The Morgan fingerprint density at radius 3 is 2.19 bits per heavy atom. The Morgan fingerprint density at radius 2 is 1.62 bits per heavy atom. The number of benzene rings is 2. The SMILES string of the molecule is COc1ccc(NC(=O)O[C@@H](C/C(C)=C(\C)C(=O)NO)c2ccc(OCCO)cc2)cc1. The van der Waals surface area contributed by atoms with Crippen molar-refractivity contribution in [2.24, 2.45) is 0 Å². The third-order valence-electron chi connectivity index (χ3n) is 4.77. The largest absolute Gasteiger partial charge is 0.497 e. The Hall–Kier alpha value is -3.56. The Balaban J connectivity index is 2.20. The van der Waals surface area contributed by atoms with Crippen molar-refractivity contribution in [1.29, 1.82) is 0 Å². The molecule has 0 spiro atoms. The van der Waals surface area contributed by atoms with Gasteiger partial charge in [-0.05, 0) is 55.8 Å². The molecule has 0 bridgehead atoms. The number of hydrogen-bond donors (Lipinski definition) is 4. The van der Waals surface area contributed by atoms with Crippen molar-refractivity contribution < 1.29 is 34.1 Å². The minimum atomic E-state index is -0.707. The summed E-state index contributed by atoms with van der Waals surface area (Å²) in [6, 6.07) is 13.7. The number of methoxy groups -OCH3 is 1. The van der Waals surface area contributed by atoms with Gasteiger partial charge in [0.25, 0.3) is 5.91 Å². The van der Waals surface area contributed by atoms with E-state index in [4.69, 9.17) is 24.5 Å². The molecule has 2 aromatic carbocycles. The molecule has 0 saturated heterocycles. The molecule has 4 N–H and O–H groups in total. The molecule has 0 aromatic heterocycles. The van der Waals surface area contributed by atoms with Gasteiger partial charge in [-0.1, -0.05) is 17.7 Å². The summed E-state index contributed by atoms with van der Waals surface area (Å²) in [5.74, 6) is 0.590. The maximum atomic E-state index is 12.5. The van der Waals surface area contributed by atoms with E-state index in [9.17, 15) is 9.59 Å². The molecule has 0 fully saturated rings. The molecule has 32 heavy (non-hydrogen) atoms. The molecule has 0 radical (unpaired) electrons. The zero-order chi connectivity index (χ0) is 23.5. The summed E-state index contributed by atoms with van der Waals surface area (Å²) >= 11 is 0. The van der Waals surface area contributed by atoms with Crippen LogP contribution in [0, 0.1) is 0 Å². The zero-order valence-corrected chi connectivity index (χ0v) is 18.3. The van der Waals surface area contributed by atoms with Gasteiger partial charge in [-0.25, -0.2) is 10.3 Å². The normalized spacial score (nSPS) is 12.3. The van der Waals surface area contributed by atoms with Gasteiger partial charge in [0.2, 0.25) is 0 Å². The molecule has 0 aliphatic rings. The number of carbonyl (C=O) groups excluding carboxylic acids is 2. The van der Waals surface area contributed by atoms with Crippen LogP contribution in [-0.4, -0.2) is 42.6 Å². The Labute approximate surface area is 186 Å². The highest BCUT2D eigenvalue weighted by molar-refractivity contribution is 5.92. The van der Waals surface area contributed by atoms with Crippen LogP contribution in [0.15, 0.2) is 59.7 Å². The van der Waals surface area contributed by atoms with Crippen LogP contribution in [0.4, 0.5) is 10.5 Å². The first kappa shape index (κ1) is 24.7. The van der Waals surface area contributed by atoms with Crippen LogP contribution in [0.1, 0.15) is 31.9 Å². The highest BCUT2D eigenvalue weighted by atomic mass is 16.6. The van der Waals surface area contributed by atoms with Crippen LogP contribution in [0.3, 0.4) is 0 Å². The smallest absolute Gasteiger partial charge is 0.412 e. The van der Waals surface area contributed by atoms with Gasteiger partial charge in [0.05, 0.1) is 13.7 Å². The topological polar surface area (TPSA) is 126 Å². The van der Waals surface area contributed by atoms with E-state index in [2.05, 4.69) is 5.32 Å². The fourth-order valence-electron chi connectivity index (χ4n) is 2.83. The Kier molecular flexibility index (Phi) is 9.52. The molecule has 2 aromatic rings. The van der Waals surface area contributed by atoms with Gasteiger partial charge < -0.3 is 19.3 Å². The highest BCUT2D eigenvalue weighted by Gasteiger charge is 2.20. The van der Waals surface area contributed by atoms with Crippen molar-refractivity contribution in [3.8, 4) is 11.5 Å². The molecule has 0 aliphatic carbocycles. The summed E-state index contributed by atoms with van der Waals surface area (Å²) in [5.41, 5.74) is 3.78. The minimum Gasteiger partial charge on any atom is -0.497 e. The monoisotopic (exact) mass is 444 g/mol. The first-order valence-electron chi connectivity index (χ1n) is 9.94. The average molecular weight is 444 g/mol. The van der Waals surface area contributed by atoms with Crippen LogP contribution < -0.4 is 20.3 Å². The van der Waals surface area contributed by atoms with Gasteiger partial charge in [-0.3, -0.25) is 15.3 Å². The Morgan fingerprint density at radius 1 is 1.00 bits per heavy atom. The van der Waals surface area contributed by atoms with Crippen molar-refractivity contribution >= 4 is 17.7 Å². The Bertz CT molecular complexity index is 924. The lowest BCUT2D eigenvalue weighted by Crippen LogP contribution is -2.21. The van der Waals surface area contributed by atoms with E-state index in [-0.39, 0.29) is 19.6 Å². The van der Waals surface area contributed by atoms with E-state index >= 15 is 0 Å². The van der Waals surface area contributed by atoms with Gasteiger partial charge >= 0.3 is 6.09 Å². The van der Waals surface area contributed by atoms with Gasteiger partial charge in [0, 0.05) is 17.7 Å². The van der Waals surface area contributed by atoms with E-state index in [1.165, 1.54) is 0 Å². The second-order valence-corrected chi connectivity index (χ2v) is 6.94. The predicted molar refractivity (Wildman–Crippen MR) is 118 cm³/mol. The summed E-state index contributed by atoms with van der Waals surface area (Å²) in [6.45, 7) is 3.36. The molecule has 0 saturated carbocycles. The lowest BCUT2D eigenvalue weighted by atomic mass is 9.98. The molecule has 2 rings (SSSR count). The number of nitrogens with one attached hydrogen (secondary N) is 2. The molecule has 9 nitrogen and oxygen atoms in total. The summed E-state index contributed by atoms with van der Waals surface area (Å²) in [4.78, 5) is 24.3. The van der Waals surface area contributed by atoms with Crippen molar-refractivity contribution in [3.05, 3.63) is 65.2 Å². The van der Waals surface area contributed by atoms with Crippen molar-refractivity contribution in [2.45, 2.75) is 26.4 Å². The van der Waals surface area contributed by atoms with E-state index in [1.54, 1.807) is 75.0 Å². The zero-order valence-electron chi connectivity index (χ0n) is 18.3. The number of ether oxygens (including phenoxy) is 3. The van der Waals surface area contributed by atoms with Gasteiger partial charge in [0.15, 0.2) is 0 Å². The van der Waals surface area contributed by atoms with Crippen LogP contribution in [0.25, 0.3) is 0 Å². The van der Waals surface area contributed by atoms with E-state index in [1.807, 2.05) is 0 Å². The first-order chi connectivity index (χ1) is 15.4. The molecule has 0 aliphatic heterocycles. The average Bonchev–Trinajstić information content (AvgIpc) is 2.82. The molecular weight excluding hydrogens is 416 g/mol. The number of amides is 2. The fraction of sp³-hybridized carbons (Fsp3) is 0.304. The van der Waals surface area contributed by atoms with Crippen LogP contribution in [0.2, 0.25) is 0 Å². The van der Waals surface area contributed by atoms with Crippen LogP contribution >= 0.6 is 0 Å². The fourth-order valence-corrected chi connectivity index (χ4v) is 2.83. The first-order valence-corrected chi connectivity index (χ1v) is 9.94.